The van der Waals surface area contributed by atoms with Gasteiger partial charge in [0.2, 0.25) is 0 Å². The van der Waals surface area contributed by atoms with Gasteiger partial charge in [-0.05, 0) is 161 Å². The molecule has 106 heavy (non-hydrogen) atoms. The molecule has 0 aromatic rings. The fourth-order valence-electron chi connectivity index (χ4n) is 9.86. The molecule has 0 aliphatic rings. The molecule has 5 atom stereocenters. The van der Waals surface area contributed by atoms with Gasteiger partial charge in [0.15, 0.2) is 12.2 Å². The predicted octanol–water partition coefficient (Wildman–Crippen LogP) is 23.6. The van der Waals surface area contributed by atoms with E-state index < -0.39 is 97.5 Å². The largest absolute Gasteiger partial charge is 0.472 e. The van der Waals surface area contributed by atoms with Gasteiger partial charge < -0.3 is 33.8 Å². The smallest absolute Gasteiger partial charge is 0.462 e. The van der Waals surface area contributed by atoms with Crippen LogP contribution in [0.3, 0.4) is 0 Å². The zero-order valence-electron chi connectivity index (χ0n) is 65.5. The lowest BCUT2D eigenvalue weighted by Gasteiger charge is -2.21. The minimum absolute atomic E-state index is 0.0269. The zero-order chi connectivity index (χ0) is 77.4. The highest BCUT2D eigenvalue weighted by Crippen LogP contribution is 2.45. The molecule has 5 unspecified atom stereocenters. The van der Waals surface area contributed by atoms with Gasteiger partial charge >= 0.3 is 39.5 Å². The molecule has 0 aromatic heterocycles. The van der Waals surface area contributed by atoms with Crippen LogP contribution in [0.5, 0.6) is 0 Å². The van der Waals surface area contributed by atoms with E-state index in [-0.39, 0.29) is 25.7 Å². The van der Waals surface area contributed by atoms with E-state index in [2.05, 4.69) is 192 Å². The van der Waals surface area contributed by atoms with Crippen LogP contribution >= 0.6 is 15.6 Å². The van der Waals surface area contributed by atoms with E-state index in [1.54, 1.807) is 0 Å². The molecule has 0 aliphatic heterocycles. The van der Waals surface area contributed by atoms with Crippen molar-refractivity contribution in [3.05, 3.63) is 182 Å². The van der Waals surface area contributed by atoms with Crippen molar-refractivity contribution in [2.45, 2.75) is 303 Å². The number of unbranched alkanes of at least 4 members (excludes halogenated alkanes) is 17. The number of rotatable bonds is 73. The molecule has 0 aliphatic carbocycles. The second-order valence-electron chi connectivity index (χ2n) is 25.9. The predicted molar refractivity (Wildman–Crippen MR) is 436 cm³/mol. The van der Waals surface area contributed by atoms with Gasteiger partial charge in [-0.3, -0.25) is 37.3 Å². The van der Waals surface area contributed by atoms with Gasteiger partial charge in [-0.2, -0.15) is 0 Å². The fourth-order valence-corrected chi connectivity index (χ4v) is 11.4. The third-order valence-corrected chi connectivity index (χ3v) is 17.8. The molecule has 0 amide bonds. The maximum atomic E-state index is 13.1. The van der Waals surface area contributed by atoms with Crippen molar-refractivity contribution in [3.8, 4) is 0 Å². The molecule has 19 heteroatoms. The van der Waals surface area contributed by atoms with Crippen LogP contribution in [0.1, 0.15) is 285 Å². The van der Waals surface area contributed by atoms with Crippen molar-refractivity contribution in [2.24, 2.45) is 0 Å². The van der Waals surface area contributed by atoms with Crippen molar-refractivity contribution in [2.75, 3.05) is 39.6 Å². The summed E-state index contributed by atoms with van der Waals surface area (Å²) in [6.45, 7) is 4.33. The van der Waals surface area contributed by atoms with Crippen LogP contribution in [0, 0.1) is 0 Å². The molecule has 0 saturated heterocycles. The molecule has 600 valence electrons. The third kappa shape index (κ3) is 76.4. The van der Waals surface area contributed by atoms with Crippen molar-refractivity contribution < 1.29 is 80.2 Å². The molecular formula is C87H140O17P2. The molecule has 0 spiro atoms. The van der Waals surface area contributed by atoms with E-state index >= 15 is 0 Å². The number of esters is 4. The zero-order valence-corrected chi connectivity index (χ0v) is 67.3. The quantitative estimate of drug-likeness (QED) is 0.0169. The Kier molecular flexibility index (Phi) is 73.1. The first-order chi connectivity index (χ1) is 51.7. The molecule has 0 fully saturated rings. The molecule has 0 aromatic carbocycles. The third-order valence-electron chi connectivity index (χ3n) is 15.9. The minimum Gasteiger partial charge on any atom is -0.462 e. The number of hydrogen-bond acceptors (Lipinski definition) is 15. The molecule has 0 saturated carbocycles. The number of aliphatic hydroxyl groups is 1. The van der Waals surface area contributed by atoms with Crippen LogP contribution in [0.15, 0.2) is 182 Å². The van der Waals surface area contributed by atoms with Crippen LogP contribution in [0.4, 0.5) is 0 Å². The monoisotopic (exact) mass is 1520 g/mol. The van der Waals surface area contributed by atoms with Crippen molar-refractivity contribution in [3.63, 3.8) is 0 Å². The number of aliphatic hydroxyl groups excluding tert-OH is 1. The summed E-state index contributed by atoms with van der Waals surface area (Å²) in [6, 6.07) is 0. The van der Waals surface area contributed by atoms with E-state index in [1.807, 2.05) is 18.2 Å². The van der Waals surface area contributed by atoms with Crippen molar-refractivity contribution in [1.29, 1.82) is 0 Å². The number of phosphoric acid groups is 2. The van der Waals surface area contributed by atoms with Crippen LogP contribution in [-0.4, -0.2) is 96.7 Å². The van der Waals surface area contributed by atoms with Crippen LogP contribution in [-0.2, 0) is 65.4 Å². The summed E-state index contributed by atoms with van der Waals surface area (Å²) < 4.78 is 68.5. The number of carbonyl (C=O) groups is 4. The highest BCUT2D eigenvalue weighted by molar-refractivity contribution is 7.47. The summed E-state index contributed by atoms with van der Waals surface area (Å²) in [5, 5.41) is 10.6. The van der Waals surface area contributed by atoms with Gasteiger partial charge in [0.1, 0.15) is 19.3 Å². The summed E-state index contributed by atoms with van der Waals surface area (Å²) in [7, 11) is -10.0. The minimum atomic E-state index is -5.01. The van der Waals surface area contributed by atoms with Gasteiger partial charge in [0.05, 0.1) is 26.4 Å². The first-order valence-corrected chi connectivity index (χ1v) is 43.0. The van der Waals surface area contributed by atoms with E-state index in [0.29, 0.717) is 32.1 Å². The van der Waals surface area contributed by atoms with Crippen molar-refractivity contribution in [1.82, 2.24) is 0 Å². The standard InChI is InChI=1S/C87H140O17P2/c1-5-9-13-17-21-25-29-32-35-38-40-43-45-48-52-55-59-63-67-71-84(89)97-77-82(103-86(91)73-69-65-61-57-51-28-24-20-16-12-8-4)79-101-105(93,94)99-75-81(88)76-100-106(95,96)102-80-83(104-87(92)74-70-66-62-58-54-50-47-42-37-34-31-27-23-19-15-11-7-3)78-98-85(90)72-68-64-60-56-53-49-46-44-41-39-36-33-30-26-22-18-14-10-6-2/h9-11,13-15,20-27,32-37,40-41,43-44,48-49,52-53,60,64,81-83,88H,5-8,12,16-19,28-31,38-39,42,45-47,50-51,54-59,61-63,65-80H2,1-4H3,(H,93,94)(H,95,96)/b13-9-,14-10-,15-11-,24-20-,25-21-,26-22-,27-23-,35-32-,36-33-,37-34-,43-40-,44-41-,52-48-,53-49-,64-60-. The van der Waals surface area contributed by atoms with Gasteiger partial charge in [-0.1, -0.05) is 281 Å². The van der Waals surface area contributed by atoms with Crippen LogP contribution in [0.2, 0.25) is 0 Å². The van der Waals surface area contributed by atoms with E-state index in [0.717, 1.165) is 186 Å². The van der Waals surface area contributed by atoms with Gasteiger partial charge in [-0.25, -0.2) is 9.13 Å². The second-order valence-corrected chi connectivity index (χ2v) is 28.8. The lowest BCUT2D eigenvalue weighted by Crippen LogP contribution is -2.30. The lowest BCUT2D eigenvalue weighted by atomic mass is 10.1. The van der Waals surface area contributed by atoms with Gasteiger partial charge in [0.25, 0.3) is 0 Å². The Balaban J connectivity index is 5.45. The molecule has 0 bridgehead atoms. The molecule has 0 radical (unpaired) electrons. The Morgan fingerprint density at radius 2 is 0.509 bits per heavy atom. The number of carbonyl (C=O) groups excluding carboxylic acids is 4. The topological polar surface area (TPSA) is 237 Å². The molecule has 17 nitrogen and oxygen atoms in total. The SMILES string of the molecule is CC/C=C\C/C=C\C/C=C\C/C=C\C/C=C\C/C=C\CCC(=O)OCC(COP(=O)(O)OCC(O)COP(=O)(O)OCC(COC(=O)CCCCC/C=C\C/C=C\C/C=C\C/C=C\C/C=C\CC)OC(=O)CCCCCCC/C=C\CCCC)OC(=O)CCCCCCCCC/C=C\C/C=C\C/C=C\CC. The van der Waals surface area contributed by atoms with E-state index in [9.17, 15) is 43.2 Å². The van der Waals surface area contributed by atoms with Crippen LogP contribution < -0.4 is 0 Å². The number of hydrogen-bond donors (Lipinski definition) is 3. The normalized spacial score (nSPS) is 14.8. The van der Waals surface area contributed by atoms with E-state index in [1.165, 1.54) is 12.8 Å². The highest BCUT2D eigenvalue weighted by Gasteiger charge is 2.30. The summed E-state index contributed by atoms with van der Waals surface area (Å²) >= 11 is 0. The maximum absolute atomic E-state index is 13.1. The maximum Gasteiger partial charge on any atom is 0.472 e. The van der Waals surface area contributed by atoms with Gasteiger partial charge in [0, 0.05) is 25.7 Å². The summed E-state index contributed by atoms with van der Waals surface area (Å²) in [4.78, 5) is 73.0. The Morgan fingerprint density at radius 1 is 0.274 bits per heavy atom. The second kappa shape index (κ2) is 77.3. The number of ether oxygens (including phenoxy) is 4. The number of phosphoric ester groups is 2. The Hall–Kier alpha value is -5.84. The molecule has 3 N–H and O–H groups in total. The highest BCUT2D eigenvalue weighted by atomic mass is 31.2. The average molecular weight is 1520 g/mol. The molecule has 0 heterocycles. The van der Waals surface area contributed by atoms with Crippen molar-refractivity contribution >= 4 is 39.5 Å². The summed E-state index contributed by atoms with van der Waals surface area (Å²) in [6.07, 6.45) is 93.2. The van der Waals surface area contributed by atoms with E-state index in [4.69, 9.17) is 37.0 Å². The Bertz CT molecular complexity index is 2730. The number of allylic oxidation sites excluding steroid dienone is 30. The molecule has 0 rings (SSSR count). The Labute approximate surface area is 641 Å². The summed E-state index contributed by atoms with van der Waals surface area (Å²) in [5.41, 5.74) is 0. The lowest BCUT2D eigenvalue weighted by molar-refractivity contribution is -0.161. The summed E-state index contributed by atoms with van der Waals surface area (Å²) in [5.74, 6) is -2.35. The first kappa shape index (κ1) is 100. The Morgan fingerprint density at radius 3 is 0.830 bits per heavy atom. The first-order valence-electron chi connectivity index (χ1n) is 40.0. The van der Waals surface area contributed by atoms with Gasteiger partial charge in [-0.15, -0.1) is 0 Å². The fraction of sp³-hybridized carbons (Fsp3) is 0.609. The van der Waals surface area contributed by atoms with Crippen LogP contribution in [0.25, 0.3) is 0 Å². The average Bonchev–Trinajstić information content (AvgIpc) is 0.919. The molecular weight excluding hydrogens is 1380 g/mol.